The normalized spacial score (nSPS) is 14.0. The van der Waals surface area contributed by atoms with Gasteiger partial charge in [0.15, 0.2) is 0 Å². The summed E-state index contributed by atoms with van der Waals surface area (Å²) in [7, 11) is 0. The largest absolute Gasteiger partial charge is 0.507 e. The van der Waals surface area contributed by atoms with Crippen LogP contribution in [0.1, 0.15) is 89.5 Å². The zero-order valence-electron chi connectivity index (χ0n) is 27.5. The van der Waals surface area contributed by atoms with Gasteiger partial charge in [0.2, 0.25) is 5.91 Å². The first-order valence-electron chi connectivity index (χ1n) is 15.3. The Morgan fingerprint density at radius 1 is 0.766 bits per heavy atom. The van der Waals surface area contributed by atoms with E-state index in [0.717, 1.165) is 11.1 Å². The monoisotopic (exact) mass is 640 g/mol. The lowest BCUT2D eigenvalue weighted by Gasteiger charge is -2.19. The van der Waals surface area contributed by atoms with Crippen LogP contribution in [0.4, 0.5) is 17.1 Å². The first kappa shape index (κ1) is 34.6. The van der Waals surface area contributed by atoms with Crippen LogP contribution in [-0.4, -0.2) is 51.4 Å². The van der Waals surface area contributed by atoms with Gasteiger partial charge in [-0.2, -0.15) is 0 Å². The predicted molar refractivity (Wildman–Crippen MR) is 180 cm³/mol. The van der Waals surface area contributed by atoms with E-state index >= 15 is 0 Å². The number of rotatable bonds is 9. The summed E-state index contributed by atoms with van der Waals surface area (Å²) >= 11 is 0. The molecule has 1 heterocycles. The highest BCUT2D eigenvalue weighted by Crippen LogP contribution is 2.33. The van der Waals surface area contributed by atoms with E-state index < -0.39 is 23.7 Å². The molecule has 3 N–H and O–H groups in total. The molecule has 0 saturated carbocycles. The molecule has 4 rings (SSSR count). The minimum atomic E-state index is -0.880. The van der Waals surface area contributed by atoms with Crippen molar-refractivity contribution in [2.24, 2.45) is 9.98 Å². The number of anilines is 1. The average Bonchev–Trinajstić information content (AvgIpc) is 3.30. The van der Waals surface area contributed by atoms with Crippen molar-refractivity contribution in [2.45, 2.75) is 78.1 Å². The average molecular weight is 641 g/mol. The van der Waals surface area contributed by atoms with Gasteiger partial charge in [0.25, 0.3) is 11.8 Å². The molecule has 0 bridgehead atoms. The number of nitrogens with zero attached hydrogens (tertiary/aromatic N) is 3. The van der Waals surface area contributed by atoms with E-state index in [4.69, 9.17) is 4.84 Å². The summed E-state index contributed by atoms with van der Waals surface area (Å²) in [6.45, 7) is 12.4. The predicted octanol–water partition coefficient (Wildman–Crippen LogP) is 6.52. The second-order valence-corrected chi connectivity index (χ2v) is 13.4. The smallest absolute Gasteiger partial charge is 0.333 e. The summed E-state index contributed by atoms with van der Waals surface area (Å²) in [5.74, 6) is -2.47. The maximum Gasteiger partial charge on any atom is 0.333 e. The number of carbonyl (C=O) groups excluding carboxylic acids is 4. The van der Waals surface area contributed by atoms with Gasteiger partial charge in [-0.15, -0.1) is 5.06 Å². The lowest BCUT2D eigenvalue weighted by molar-refractivity contribution is -0.197. The molecule has 0 aliphatic carbocycles. The van der Waals surface area contributed by atoms with Gasteiger partial charge in [0.1, 0.15) is 11.5 Å². The Morgan fingerprint density at radius 2 is 1.28 bits per heavy atom. The Hall–Kier alpha value is -5.32. The number of hydroxylamine groups is 2. The van der Waals surface area contributed by atoms with Gasteiger partial charge in [0.05, 0.1) is 17.8 Å². The van der Waals surface area contributed by atoms with Crippen LogP contribution in [0.3, 0.4) is 0 Å². The van der Waals surface area contributed by atoms with E-state index in [9.17, 15) is 29.4 Å². The summed E-state index contributed by atoms with van der Waals surface area (Å²) in [6, 6.07) is 15.5. The van der Waals surface area contributed by atoms with Gasteiger partial charge in [-0.05, 0) is 64.4 Å². The Morgan fingerprint density at radius 3 is 1.79 bits per heavy atom. The summed E-state index contributed by atoms with van der Waals surface area (Å²) in [5.41, 5.74) is 3.87. The minimum absolute atomic E-state index is 0.0242. The van der Waals surface area contributed by atoms with Crippen LogP contribution >= 0.6 is 0 Å². The summed E-state index contributed by atoms with van der Waals surface area (Å²) in [5, 5.41) is 24.2. The fourth-order valence-electron chi connectivity index (χ4n) is 4.59. The molecule has 3 aromatic carbocycles. The van der Waals surface area contributed by atoms with Crippen LogP contribution in [-0.2, 0) is 34.8 Å². The lowest BCUT2D eigenvalue weighted by atomic mass is 9.86. The molecule has 11 nitrogen and oxygen atoms in total. The van der Waals surface area contributed by atoms with Crippen molar-refractivity contribution in [2.75, 3.05) is 5.32 Å². The molecule has 1 fully saturated rings. The van der Waals surface area contributed by atoms with Crippen LogP contribution < -0.4 is 5.32 Å². The van der Waals surface area contributed by atoms with E-state index in [-0.39, 0.29) is 48.0 Å². The van der Waals surface area contributed by atoms with Gasteiger partial charge in [-0.25, -0.2) is 4.79 Å². The molecule has 3 amide bonds. The van der Waals surface area contributed by atoms with Crippen molar-refractivity contribution in [3.05, 3.63) is 76.9 Å². The number of nitrogens with one attached hydrogen (secondary N) is 1. The van der Waals surface area contributed by atoms with Gasteiger partial charge in [-0.3, -0.25) is 24.4 Å². The first-order valence-corrected chi connectivity index (χ1v) is 15.3. The highest BCUT2D eigenvalue weighted by molar-refractivity contribution is 6.02. The third-order valence-electron chi connectivity index (χ3n) is 7.49. The number of aromatic hydroxyl groups is 2. The van der Waals surface area contributed by atoms with Crippen LogP contribution in [0.15, 0.2) is 64.6 Å². The van der Waals surface area contributed by atoms with Crippen molar-refractivity contribution >= 4 is 53.2 Å². The van der Waals surface area contributed by atoms with Crippen LogP contribution in [0, 0.1) is 0 Å². The van der Waals surface area contributed by atoms with Gasteiger partial charge in [0, 0.05) is 48.5 Å². The molecular formula is C36H40N4O7. The number of hydrogen-bond acceptors (Lipinski definition) is 9. The van der Waals surface area contributed by atoms with Crippen molar-refractivity contribution in [1.82, 2.24) is 5.06 Å². The standard InChI is InChI=1S/C36H40N4O7/c1-35(2,3)24-7-11-29(41)22(17-24)20-37-27-10-9-26(39-31(43)13-16-34(46)47-40-32(44)14-15-33(40)45)19-28(27)38-21-23-18-25(36(4,5)6)8-12-30(23)42/h7-12,17-21,41-42H,13-16H2,1-6H3,(H,39,43). The number of benzene rings is 3. The third kappa shape index (κ3) is 9.12. The number of imide groups is 1. The summed E-state index contributed by atoms with van der Waals surface area (Å²) < 4.78 is 0. The molecule has 11 heteroatoms. The fraction of sp³-hybridized carbons (Fsp3) is 0.333. The van der Waals surface area contributed by atoms with E-state index in [1.165, 1.54) is 12.4 Å². The number of phenolic OH excluding ortho intramolecular Hbond substituents is 2. The molecule has 3 aromatic rings. The lowest BCUT2D eigenvalue weighted by Crippen LogP contribution is -2.32. The van der Waals surface area contributed by atoms with Crippen molar-refractivity contribution in [3.63, 3.8) is 0 Å². The Labute approximate surface area is 274 Å². The SMILES string of the molecule is CC(C)(C)c1ccc(O)c(C=Nc2ccc(NC(=O)CCC(=O)ON3C(=O)CCC3=O)cc2N=Cc2cc(C(C)(C)C)ccc2O)c1. The number of carbonyl (C=O) groups is 4. The maximum atomic E-state index is 12.7. The Bertz CT molecular complexity index is 1750. The second-order valence-electron chi connectivity index (χ2n) is 13.4. The fourth-order valence-corrected chi connectivity index (χ4v) is 4.59. The third-order valence-corrected chi connectivity index (χ3v) is 7.49. The molecule has 1 aliphatic rings. The van der Waals surface area contributed by atoms with Crippen LogP contribution in [0.2, 0.25) is 0 Å². The molecule has 0 spiro atoms. The molecule has 1 aliphatic heterocycles. The maximum absolute atomic E-state index is 12.7. The molecular weight excluding hydrogens is 600 g/mol. The van der Waals surface area contributed by atoms with Crippen molar-refractivity contribution in [3.8, 4) is 11.5 Å². The van der Waals surface area contributed by atoms with Gasteiger partial charge in [-0.1, -0.05) is 53.7 Å². The molecule has 0 atom stereocenters. The second kappa shape index (κ2) is 14.0. The zero-order chi connectivity index (χ0) is 34.5. The first-order chi connectivity index (χ1) is 22.0. The zero-order valence-corrected chi connectivity index (χ0v) is 27.5. The number of amides is 3. The van der Waals surface area contributed by atoms with E-state index in [1.54, 1.807) is 30.3 Å². The topological polar surface area (TPSA) is 158 Å². The minimum Gasteiger partial charge on any atom is -0.507 e. The van der Waals surface area contributed by atoms with Crippen molar-refractivity contribution < 1.29 is 34.2 Å². The van der Waals surface area contributed by atoms with Crippen LogP contribution in [0.5, 0.6) is 11.5 Å². The molecule has 0 radical (unpaired) electrons. The molecule has 246 valence electrons. The number of phenols is 2. The highest BCUT2D eigenvalue weighted by Gasteiger charge is 2.32. The van der Waals surface area contributed by atoms with Crippen molar-refractivity contribution in [1.29, 1.82) is 0 Å². The van der Waals surface area contributed by atoms with Gasteiger partial charge < -0.3 is 20.4 Å². The summed E-state index contributed by atoms with van der Waals surface area (Å²) in [6.07, 6.45) is 2.39. The molecule has 1 saturated heterocycles. The van der Waals surface area contributed by atoms with E-state index in [1.807, 2.05) is 24.3 Å². The van der Waals surface area contributed by atoms with Gasteiger partial charge >= 0.3 is 5.97 Å². The highest BCUT2D eigenvalue weighted by atomic mass is 16.7. The Kier molecular flexibility index (Phi) is 10.3. The number of hydrogen-bond donors (Lipinski definition) is 3. The van der Waals surface area contributed by atoms with E-state index in [0.29, 0.717) is 33.3 Å². The van der Waals surface area contributed by atoms with E-state index in [2.05, 4.69) is 56.8 Å². The Balaban J connectivity index is 1.59. The molecule has 47 heavy (non-hydrogen) atoms. The molecule has 0 aromatic heterocycles. The summed E-state index contributed by atoms with van der Waals surface area (Å²) in [4.78, 5) is 62.2. The number of aliphatic imine (C=N–C) groups is 2. The quantitative estimate of drug-likeness (QED) is 0.177. The molecule has 0 unspecified atom stereocenters. The van der Waals surface area contributed by atoms with Crippen LogP contribution in [0.25, 0.3) is 0 Å².